The molecule has 0 radical (unpaired) electrons. The third-order valence-electron chi connectivity index (χ3n) is 2.83. The Hall–Kier alpha value is -1.30. The van der Waals surface area contributed by atoms with E-state index in [1.54, 1.807) is 14.2 Å². The Morgan fingerprint density at radius 3 is 2.55 bits per heavy atom. The molecule has 0 saturated carbocycles. The second kappa shape index (κ2) is 9.58. The third kappa shape index (κ3) is 5.77. The molecule has 0 aromatic heterocycles. The number of hydrogen-bond acceptors (Lipinski definition) is 5. The standard InChI is InChI=1S/C15H25NO4/c1-12(16)14-6-5-13(18-3)11-15(14)20-10-9-19-8-4-7-17-2/h5-6,11-12H,4,7-10,16H2,1-3H3/t12-/m0/s1. The average Bonchev–Trinajstić information content (AvgIpc) is 2.45. The molecule has 1 atom stereocenters. The largest absolute Gasteiger partial charge is 0.497 e. The lowest BCUT2D eigenvalue weighted by Crippen LogP contribution is -2.12. The number of nitrogens with two attached hydrogens (primary N) is 1. The summed E-state index contributed by atoms with van der Waals surface area (Å²) in [5.41, 5.74) is 6.89. The highest BCUT2D eigenvalue weighted by Crippen LogP contribution is 2.28. The normalized spacial score (nSPS) is 12.2. The molecule has 5 heteroatoms. The van der Waals surface area contributed by atoms with Gasteiger partial charge in [0.1, 0.15) is 18.1 Å². The SMILES string of the molecule is COCCCOCCOc1cc(OC)ccc1[C@H](C)N. The van der Waals surface area contributed by atoms with Crippen molar-refractivity contribution >= 4 is 0 Å². The summed E-state index contributed by atoms with van der Waals surface area (Å²) in [6.07, 6.45) is 0.890. The van der Waals surface area contributed by atoms with E-state index < -0.39 is 0 Å². The maximum atomic E-state index is 5.93. The molecule has 0 spiro atoms. The fourth-order valence-corrected chi connectivity index (χ4v) is 1.76. The number of ether oxygens (including phenoxy) is 4. The van der Waals surface area contributed by atoms with Crippen LogP contribution in [0.15, 0.2) is 18.2 Å². The molecule has 2 N–H and O–H groups in total. The molecule has 114 valence electrons. The van der Waals surface area contributed by atoms with Crippen molar-refractivity contribution < 1.29 is 18.9 Å². The molecule has 20 heavy (non-hydrogen) atoms. The van der Waals surface area contributed by atoms with E-state index in [2.05, 4.69) is 0 Å². The van der Waals surface area contributed by atoms with Gasteiger partial charge in [0.25, 0.3) is 0 Å². The Balaban J connectivity index is 2.41. The van der Waals surface area contributed by atoms with Gasteiger partial charge in [-0.1, -0.05) is 6.07 Å². The van der Waals surface area contributed by atoms with Gasteiger partial charge in [0, 0.05) is 38.0 Å². The number of rotatable bonds is 10. The molecule has 0 amide bonds. The summed E-state index contributed by atoms with van der Waals surface area (Å²) < 4.78 is 21.3. The lowest BCUT2D eigenvalue weighted by molar-refractivity contribution is 0.0803. The summed E-state index contributed by atoms with van der Waals surface area (Å²) in [5.74, 6) is 1.50. The molecule has 0 bridgehead atoms. The second-order valence-corrected chi connectivity index (χ2v) is 4.50. The molecular formula is C15H25NO4. The van der Waals surface area contributed by atoms with Crippen LogP contribution in [-0.2, 0) is 9.47 Å². The summed E-state index contributed by atoms with van der Waals surface area (Å²) in [4.78, 5) is 0. The van der Waals surface area contributed by atoms with Gasteiger partial charge in [-0.05, 0) is 19.4 Å². The van der Waals surface area contributed by atoms with E-state index in [-0.39, 0.29) is 6.04 Å². The van der Waals surface area contributed by atoms with E-state index in [1.165, 1.54) is 0 Å². The molecule has 5 nitrogen and oxygen atoms in total. The van der Waals surface area contributed by atoms with Crippen molar-refractivity contribution in [2.45, 2.75) is 19.4 Å². The van der Waals surface area contributed by atoms with Crippen LogP contribution >= 0.6 is 0 Å². The van der Waals surface area contributed by atoms with E-state index in [4.69, 9.17) is 24.7 Å². The van der Waals surface area contributed by atoms with Crippen LogP contribution in [-0.4, -0.2) is 40.6 Å². The molecule has 0 aliphatic heterocycles. The lowest BCUT2D eigenvalue weighted by Gasteiger charge is -2.15. The molecule has 0 aliphatic rings. The highest BCUT2D eigenvalue weighted by atomic mass is 16.5. The molecular weight excluding hydrogens is 258 g/mol. The zero-order valence-electron chi connectivity index (χ0n) is 12.6. The van der Waals surface area contributed by atoms with Gasteiger partial charge in [0.2, 0.25) is 0 Å². The Morgan fingerprint density at radius 2 is 1.90 bits per heavy atom. The van der Waals surface area contributed by atoms with Gasteiger partial charge < -0.3 is 24.7 Å². The Labute approximate surface area is 121 Å². The number of methoxy groups -OCH3 is 2. The maximum Gasteiger partial charge on any atom is 0.127 e. The summed E-state index contributed by atoms with van der Waals surface area (Å²) in [7, 11) is 3.31. The lowest BCUT2D eigenvalue weighted by atomic mass is 10.1. The topological polar surface area (TPSA) is 62.9 Å². The van der Waals surface area contributed by atoms with Crippen LogP contribution in [0.1, 0.15) is 24.9 Å². The van der Waals surface area contributed by atoms with Crippen LogP contribution in [0.25, 0.3) is 0 Å². The zero-order valence-corrected chi connectivity index (χ0v) is 12.6. The highest BCUT2D eigenvalue weighted by molar-refractivity contribution is 5.42. The Kier molecular flexibility index (Phi) is 8.02. The first-order valence-corrected chi connectivity index (χ1v) is 6.82. The van der Waals surface area contributed by atoms with E-state index in [9.17, 15) is 0 Å². The van der Waals surface area contributed by atoms with Gasteiger partial charge in [-0.15, -0.1) is 0 Å². The van der Waals surface area contributed by atoms with Crippen LogP contribution in [0.3, 0.4) is 0 Å². The first-order chi connectivity index (χ1) is 9.69. The monoisotopic (exact) mass is 283 g/mol. The number of hydrogen-bond donors (Lipinski definition) is 1. The van der Waals surface area contributed by atoms with Gasteiger partial charge in [0.15, 0.2) is 0 Å². The van der Waals surface area contributed by atoms with Crippen LogP contribution < -0.4 is 15.2 Å². The quantitative estimate of drug-likeness (QED) is 0.667. The molecule has 0 heterocycles. The fourth-order valence-electron chi connectivity index (χ4n) is 1.76. The molecule has 0 fully saturated rings. The van der Waals surface area contributed by atoms with Crippen molar-refractivity contribution in [2.24, 2.45) is 5.73 Å². The minimum absolute atomic E-state index is 0.0847. The van der Waals surface area contributed by atoms with Crippen molar-refractivity contribution in [1.82, 2.24) is 0 Å². The van der Waals surface area contributed by atoms with Crippen molar-refractivity contribution in [3.8, 4) is 11.5 Å². The van der Waals surface area contributed by atoms with Crippen molar-refractivity contribution in [2.75, 3.05) is 40.6 Å². The van der Waals surface area contributed by atoms with Crippen molar-refractivity contribution in [3.63, 3.8) is 0 Å². The predicted molar refractivity (Wildman–Crippen MR) is 78.4 cm³/mol. The van der Waals surface area contributed by atoms with Gasteiger partial charge >= 0.3 is 0 Å². The van der Waals surface area contributed by atoms with Gasteiger partial charge in [-0.25, -0.2) is 0 Å². The molecule has 1 aromatic rings. The first-order valence-electron chi connectivity index (χ1n) is 6.82. The molecule has 1 aromatic carbocycles. The van der Waals surface area contributed by atoms with E-state index >= 15 is 0 Å². The molecule has 1 rings (SSSR count). The Bertz CT molecular complexity index is 382. The van der Waals surface area contributed by atoms with Crippen LogP contribution in [0.2, 0.25) is 0 Å². The fraction of sp³-hybridized carbons (Fsp3) is 0.600. The van der Waals surface area contributed by atoms with Gasteiger partial charge in [0.05, 0.1) is 13.7 Å². The first kappa shape index (κ1) is 16.8. The number of benzene rings is 1. The predicted octanol–water partition coefficient (Wildman–Crippen LogP) is 2.15. The molecule has 0 aliphatic carbocycles. The summed E-state index contributed by atoms with van der Waals surface area (Å²) in [6.45, 7) is 4.34. The van der Waals surface area contributed by atoms with Crippen molar-refractivity contribution in [3.05, 3.63) is 23.8 Å². The van der Waals surface area contributed by atoms with Crippen molar-refractivity contribution in [1.29, 1.82) is 0 Å². The van der Waals surface area contributed by atoms with E-state index in [1.807, 2.05) is 25.1 Å². The summed E-state index contributed by atoms with van der Waals surface area (Å²) in [5, 5.41) is 0. The van der Waals surface area contributed by atoms with Crippen LogP contribution in [0.4, 0.5) is 0 Å². The maximum absolute atomic E-state index is 5.93. The third-order valence-corrected chi connectivity index (χ3v) is 2.83. The minimum Gasteiger partial charge on any atom is -0.497 e. The summed E-state index contributed by atoms with van der Waals surface area (Å²) >= 11 is 0. The van der Waals surface area contributed by atoms with E-state index in [0.29, 0.717) is 26.4 Å². The minimum atomic E-state index is -0.0847. The average molecular weight is 283 g/mol. The Morgan fingerprint density at radius 1 is 1.10 bits per heavy atom. The zero-order chi connectivity index (χ0) is 14.8. The summed E-state index contributed by atoms with van der Waals surface area (Å²) in [6, 6.07) is 5.58. The van der Waals surface area contributed by atoms with Gasteiger partial charge in [-0.2, -0.15) is 0 Å². The smallest absolute Gasteiger partial charge is 0.127 e. The van der Waals surface area contributed by atoms with E-state index in [0.717, 1.165) is 23.5 Å². The van der Waals surface area contributed by atoms with Crippen LogP contribution in [0.5, 0.6) is 11.5 Å². The van der Waals surface area contributed by atoms with Gasteiger partial charge in [-0.3, -0.25) is 0 Å². The second-order valence-electron chi connectivity index (χ2n) is 4.50. The van der Waals surface area contributed by atoms with Crippen LogP contribution in [0, 0.1) is 0 Å². The molecule has 0 saturated heterocycles. The molecule has 0 unspecified atom stereocenters. The highest BCUT2D eigenvalue weighted by Gasteiger charge is 2.09.